The fourth-order valence-electron chi connectivity index (χ4n) is 9.06. The Morgan fingerprint density at radius 2 is 1.83 bits per heavy atom. The van der Waals surface area contributed by atoms with Gasteiger partial charge in [0.05, 0.1) is 6.10 Å². The van der Waals surface area contributed by atoms with Crippen molar-refractivity contribution in [3.8, 4) is 5.75 Å². The number of likely N-dealkylation sites (tertiary alicyclic amines) is 1. The molecular formula is C35H51NO5. The molecular weight excluding hydrogens is 514 g/mol. The highest BCUT2D eigenvalue weighted by Gasteiger charge is 2.68. The molecule has 6 nitrogen and oxygen atoms in total. The lowest BCUT2D eigenvalue weighted by molar-refractivity contribution is -0.207. The number of piperidine rings is 1. The zero-order chi connectivity index (χ0) is 29.4. The van der Waals surface area contributed by atoms with Crippen LogP contribution in [0.1, 0.15) is 84.6 Å². The molecule has 0 aromatic heterocycles. The minimum absolute atomic E-state index is 0.0448. The molecule has 6 heteroatoms. The van der Waals surface area contributed by atoms with Crippen molar-refractivity contribution in [1.29, 1.82) is 0 Å². The van der Waals surface area contributed by atoms with Crippen molar-refractivity contribution in [3.05, 3.63) is 42.5 Å². The van der Waals surface area contributed by atoms with E-state index in [9.17, 15) is 14.7 Å². The van der Waals surface area contributed by atoms with Crippen LogP contribution >= 0.6 is 0 Å². The fourth-order valence-corrected chi connectivity index (χ4v) is 9.06. The Morgan fingerprint density at radius 3 is 2.51 bits per heavy atom. The molecule has 3 saturated carbocycles. The topological polar surface area (TPSA) is 76.1 Å². The number of esters is 1. The molecule has 4 fully saturated rings. The number of aliphatic hydroxyl groups excluding tert-OH is 1. The van der Waals surface area contributed by atoms with E-state index in [1.807, 2.05) is 25.1 Å². The molecule has 1 aromatic rings. The molecule has 1 saturated heterocycles. The summed E-state index contributed by atoms with van der Waals surface area (Å²) in [5.74, 6) is 0.399. The Hall–Kier alpha value is -2.18. The van der Waals surface area contributed by atoms with Gasteiger partial charge in [0.25, 0.3) is 0 Å². The van der Waals surface area contributed by atoms with Crippen LogP contribution in [-0.4, -0.2) is 60.2 Å². The van der Waals surface area contributed by atoms with Crippen molar-refractivity contribution in [2.45, 2.75) is 97.7 Å². The van der Waals surface area contributed by atoms with Crippen LogP contribution in [0.25, 0.3) is 0 Å². The van der Waals surface area contributed by atoms with Crippen molar-refractivity contribution < 1.29 is 24.2 Å². The number of carbonyl (C=O) groups is 2. The van der Waals surface area contributed by atoms with Crippen LogP contribution in [0.5, 0.6) is 5.75 Å². The quantitative estimate of drug-likeness (QED) is 0.308. The van der Waals surface area contributed by atoms with Gasteiger partial charge in [-0.2, -0.15) is 0 Å². The lowest BCUT2D eigenvalue weighted by atomic mass is 9.44. The standard InChI is InChI=1S/C35H51NO5/c1-6-33(4)22-29(34(5)24(2)14-17-35(25(3)32(33)39)18-15-28(37)31(34)35)41-30(38)23-40-27-12-10-26(11-13-27)16-21-36-19-8-7-9-20-36/h6,10-13,24-25,29,31-32,39H,1,7-9,14-23H2,2-5H3/t24?,25-,29+,31?,32-,33+,34-,35?/m0/s1. The molecule has 2 bridgehead atoms. The first-order valence-corrected chi connectivity index (χ1v) is 16.0. The maximum absolute atomic E-state index is 13.6. The van der Waals surface area contributed by atoms with Crippen molar-refractivity contribution in [3.63, 3.8) is 0 Å². The average molecular weight is 566 g/mol. The number of aliphatic hydroxyl groups is 1. The van der Waals surface area contributed by atoms with E-state index in [4.69, 9.17) is 9.47 Å². The number of nitrogens with zero attached hydrogens (tertiary/aromatic N) is 1. The molecule has 1 N–H and O–H groups in total. The Kier molecular flexibility index (Phi) is 8.74. The van der Waals surface area contributed by atoms with Gasteiger partial charge in [-0.15, -0.1) is 6.58 Å². The van der Waals surface area contributed by atoms with Crippen LogP contribution in [0.3, 0.4) is 0 Å². The summed E-state index contributed by atoms with van der Waals surface area (Å²) < 4.78 is 12.2. The lowest BCUT2D eigenvalue weighted by Gasteiger charge is -2.61. The van der Waals surface area contributed by atoms with Gasteiger partial charge in [-0.25, -0.2) is 4.79 Å². The first kappa shape index (κ1) is 30.3. The predicted molar refractivity (Wildman–Crippen MR) is 161 cm³/mol. The lowest BCUT2D eigenvalue weighted by Crippen LogP contribution is -2.63. The highest BCUT2D eigenvalue weighted by atomic mass is 16.6. The summed E-state index contributed by atoms with van der Waals surface area (Å²) in [6.07, 6.45) is 9.22. The molecule has 41 heavy (non-hydrogen) atoms. The van der Waals surface area contributed by atoms with Crippen LogP contribution in [0.2, 0.25) is 0 Å². The minimum atomic E-state index is -0.669. The van der Waals surface area contributed by atoms with Crippen LogP contribution in [0.15, 0.2) is 36.9 Å². The summed E-state index contributed by atoms with van der Waals surface area (Å²) in [5.41, 5.74) is -0.174. The summed E-state index contributed by atoms with van der Waals surface area (Å²) in [5, 5.41) is 11.7. The SMILES string of the molecule is C=C[C@]1(C)C[C@@H](OC(=O)COc2ccc(CCN3CCCCC3)cc2)[C@]2(C)C(C)CCC3(CCC(=O)C32)[C@@H](C)[C@@H]1O. The van der Waals surface area contributed by atoms with Gasteiger partial charge in [-0.05, 0) is 93.0 Å². The summed E-state index contributed by atoms with van der Waals surface area (Å²) in [6, 6.07) is 8.01. The van der Waals surface area contributed by atoms with Crippen molar-refractivity contribution in [1.82, 2.24) is 4.90 Å². The van der Waals surface area contributed by atoms with E-state index in [2.05, 4.69) is 44.4 Å². The first-order valence-electron chi connectivity index (χ1n) is 16.0. The van der Waals surface area contributed by atoms with Gasteiger partial charge in [-0.1, -0.05) is 52.3 Å². The zero-order valence-electron chi connectivity index (χ0n) is 25.7. The Balaban J connectivity index is 1.29. The molecule has 3 unspecified atom stereocenters. The average Bonchev–Trinajstić information content (AvgIpc) is 3.34. The number of ketones is 1. The Bertz CT molecular complexity index is 1110. The highest BCUT2D eigenvalue weighted by Crippen LogP contribution is 2.68. The minimum Gasteiger partial charge on any atom is -0.482 e. The smallest absolute Gasteiger partial charge is 0.344 e. The fraction of sp³-hybridized carbons (Fsp3) is 0.714. The first-order chi connectivity index (χ1) is 19.5. The molecule has 226 valence electrons. The van der Waals surface area contributed by atoms with Crippen LogP contribution in [-0.2, 0) is 20.7 Å². The van der Waals surface area contributed by atoms with Crippen LogP contribution < -0.4 is 4.74 Å². The molecule has 0 amide bonds. The van der Waals surface area contributed by atoms with E-state index in [0.717, 1.165) is 32.2 Å². The van der Waals surface area contributed by atoms with E-state index in [-0.39, 0.29) is 35.6 Å². The van der Waals surface area contributed by atoms with E-state index in [1.165, 1.54) is 37.9 Å². The van der Waals surface area contributed by atoms with Crippen molar-refractivity contribution in [2.24, 2.45) is 34.0 Å². The number of Topliss-reactive ketones (excluding diaryl/α,β-unsaturated/α-hetero) is 1. The second-order valence-corrected chi connectivity index (χ2v) is 14.1. The van der Waals surface area contributed by atoms with Gasteiger partial charge in [-0.3, -0.25) is 4.79 Å². The molecule has 0 radical (unpaired) electrons. The molecule has 4 aliphatic rings. The van der Waals surface area contributed by atoms with Gasteiger partial charge < -0.3 is 19.5 Å². The van der Waals surface area contributed by atoms with Crippen molar-refractivity contribution in [2.75, 3.05) is 26.2 Å². The number of benzene rings is 1. The number of carbonyl (C=O) groups excluding carboxylic acids is 2. The van der Waals surface area contributed by atoms with Crippen LogP contribution in [0, 0.1) is 34.0 Å². The summed E-state index contributed by atoms with van der Waals surface area (Å²) in [4.78, 5) is 29.4. The molecule has 1 heterocycles. The molecule has 5 rings (SSSR count). The second-order valence-electron chi connectivity index (χ2n) is 14.1. The summed E-state index contributed by atoms with van der Waals surface area (Å²) in [7, 11) is 0. The third-order valence-corrected chi connectivity index (χ3v) is 12.0. The van der Waals surface area contributed by atoms with E-state index in [1.54, 1.807) is 0 Å². The zero-order valence-corrected chi connectivity index (χ0v) is 25.7. The maximum atomic E-state index is 13.6. The maximum Gasteiger partial charge on any atom is 0.344 e. The normalized spacial score (nSPS) is 39.3. The third kappa shape index (κ3) is 5.51. The van der Waals surface area contributed by atoms with Gasteiger partial charge in [0.15, 0.2) is 6.61 Å². The van der Waals surface area contributed by atoms with E-state index in [0.29, 0.717) is 18.6 Å². The van der Waals surface area contributed by atoms with Gasteiger partial charge in [0, 0.05) is 29.7 Å². The number of hydrogen-bond donors (Lipinski definition) is 1. The number of hydrogen-bond acceptors (Lipinski definition) is 6. The highest BCUT2D eigenvalue weighted by molar-refractivity contribution is 5.85. The van der Waals surface area contributed by atoms with E-state index < -0.39 is 29.0 Å². The molecule has 0 spiro atoms. The summed E-state index contributed by atoms with van der Waals surface area (Å²) >= 11 is 0. The molecule has 1 aliphatic heterocycles. The molecule has 1 aromatic carbocycles. The summed E-state index contributed by atoms with van der Waals surface area (Å²) in [6.45, 7) is 15.9. The molecule has 3 aliphatic carbocycles. The number of rotatable bonds is 8. The Labute approximate surface area is 246 Å². The largest absolute Gasteiger partial charge is 0.482 e. The Morgan fingerprint density at radius 1 is 1.12 bits per heavy atom. The van der Waals surface area contributed by atoms with Gasteiger partial charge >= 0.3 is 5.97 Å². The van der Waals surface area contributed by atoms with Crippen LogP contribution in [0.4, 0.5) is 0 Å². The van der Waals surface area contributed by atoms with Crippen molar-refractivity contribution >= 4 is 11.8 Å². The monoisotopic (exact) mass is 565 g/mol. The molecule has 8 atom stereocenters. The second kappa shape index (κ2) is 11.8. The van der Waals surface area contributed by atoms with E-state index >= 15 is 0 Å². The third-order valence-electron chi connectivity index (χ3n) is 12.0. The van der Waals surface area contributed by atoms with Gasteiger partial charge in [0.1, 0.15) is 17.6 Å². The number of ether oxygens (including phenoxy) is 2. The predicted octanol–water partition coefficient (Wildman–Crippen LogP) is 6.00. The van der Waals surface area contributed by atoms with Gasteiger partial charge in [0.2, 0.25) is 0 Å².